The maximum Gasteiger partial charge on any atom is 0.130 e. The topological polar surface area (TPSA) is 20.2 Å². The van der Waals surface area contributed by atoms with Crippen molar-refractivity contribution >= 4 is 10.8 Å². The van der Waals surface area contributed by atoms with Gasteiger partial charge in [0, 0.05) is 0 Å². The maximum absolute atomic E-state index is 12.7. The van der Waals surface area contributed by atoms with Gasteiger partial charge in [0.15, 0.2) is 0 Å². The Labute approximate surface area is 87.5 Å². The van der Waals surface area contributed by atoms with E-state index >= 15 is 0 Å². The first-order valence-corrected chi connectivity index (χ1v) is 4.69. The van der Waals surface area contributed by atoms with Crippen molar-refractivity contribution < 1.29 is 9.50 Å². The lowest BCUT2D eigenvalue weighted by molar-refractivity contribution is 0.187. The molecule has 2 aromatic carbocycles. The molecule has 0 aliphatic rings. The molecule has 0 aromatic heterocycles. The van der Waals surface area contributed by atoms with Crippen molar-refractivity contribution in [3.8, 4) is 0 Å². The van der Waals surface area contributed by atoms with Gasteiger partial charge in [0.05, 0.1) is 0 Å². The van der Waals surface area contributed by atoms with Crippen LogP contribution in [0.1, 0.15) is 11.7 Å². The van der Waals surface area contributed by atoms with Gasteiger partial charge in [0.25, 0.3) is 0 Å². The number of rotatable bonds is 2. The molecule has 1 atom stereocenters. The van der Waals surface area contributed by atoms with Crippen LogP contribution in [0.2, 0.25) is 0 Å². The number of aliphatic hydroxyl groups excluding tert-OH is 1. The zero-order chi connectivity index (χ0) is 10.8. The van der Waals surface area contributed by atoms with Crippen LogP contribution in [0, 0.1) is 0 Å². The van der Waals surface area contributed by atoms with Crippen LogP contribution >= 0.6 is 0 Å². The van der Waals surface area contributed by atoms with Crippen LogP contribution in [0.4, 0.5) is 4.39 Å². The average molecular weight is 202 g/mol. The van der Waals surface area contributed by atoms with Gasteiger partial charge in [-0.25, -0.2) is 4.39 Å². The van der Waals surface area contributed by atoms with Crippen molar-refractivity contribution in [3.63, 3.8) is 0 Å². The molecule has 0 spiro atoms. The molecule has 0 heterocycles. The third-order valence-corrected chi connectivity index (χ3v) is 2.39. The van der Waals surface area contributed by atoms with Crippen LogP contribution < -0.4 is 0 Å². The standard InChI is InChI=1S/C13H11FO/c1-9(14)13(15)12-7-6-10-4-2-3-5-11(10)8-12/h2-8,13,15H,1H2. The maximum atomic E-state index is 12.7. The summed E-state index contributed by atoms with van der Waals surface area (Å²) in [6.07, 6.45) is -1.23. The van der Waals surface area contributed by atoms with Gasteiger partial charge in [-0.3, -0.25) is 0 Å². The Balaban J connectivity index is 2.51. The van der Waals surface area contributed by atoms with Gasteiger partial charge in [0.2, 0.25) is 0 Å². The molecule has 0 fully saturated rings. The Hall–Kier alpha value is -1.67. The summed E-state index contributed by atoms with van der Waals surface area (Å²) in [6.45, 7) is 3.09. The summed E-state index contributed by atoms with van der Waals surface area (Å²) in [5, 5.41) is 11.5. The highest BCUT2D eigenvalue weighted by Crippen LogP contribution is 2.24. The molecular weight excluding hydrogens is 191 g/mol. The highest BCUT2D eigenvalue weighted by molar-refractivity contribution is 5.83. The van der Waals surface area contributed by atoms with Gasteiger partial charge in [-0.1, -0.05) is 43.0 Å². The molecule has 0 bridgehead atoms. The van der Waals surface area contributed by atoms with Crippen LogP contribution in [0.5, 0.6) is 0 Å². The van der Waals surface area contributed by atoms with Crippen LogP contribution in [-0.4, -0.2) is 5.11 Å². The molecule has 0 saturated heterocycles. The Bertz CT molecular complexity index is 505. The second-order valence-corrected chi connectivity index (χ2v) is 3.46. The van der Waals surface area contributed by atoms with E-state index in [2.05, 4.69) is 6.58 Å². The summed E-state index contributed by atoms with van der Waals surface area (Å²) >= 11 is 0. The number of hydrogen-bond acceptors (Lipinski definition) is 1. The summed E-state index contributed by atoms with van der Waals surface area (Å²) < 4.78 is 12.7. The van der Waals surface area contributed by atoms with Crippen molar-refractivity contribution in [1.29, 1.82) is 0 Å². The number of aliphatic hydroxyl groups is 1. The molecule has 76 valence electrons. The Morgan fingerprint density at radius 3 is 2.47 bits per heavy atom. The van der Waals surface area contributed by atoms with Crippen LogP contribution in [0.15, 0.2) is 54.9 Å². The van der Waals surface area contributed by atoms with Crippen molar-refractivity contribution in [3.05, 3.63) is 60.4 Å². The number of benzene rings is 2. The van der Waals surface area contributed by atoms with Gasteiger partial charge in [-0.2, -0.15) is 0 Å². The van der Waals surface area contributed by atoms with Crippen molar-refractivity contribution in [2.75, 3.05) is 0 Å². The summed E-state index contributed by atoms with van der Waals surface area (Å²) in [5.74, 6) is -0.731. The lowest BCUT2D eigenvalue weighted by Crippen LogP contribution is -1.96. The van der Waals surface area contributed by atoms with E-state index in [9.17, 15) is 9.50 Å². The summed E-state index contributed by atoms with van der Waals surface area (Å²) in [7, 11) is 0. The van der Waals surface area contributed by atoms with E-state index < -0.39 is 11.9 Å². The van der Waals surface area contributed by atoms with E-state index in [1.54, 1.807) is 12.1 Å². The Kier molecular flexibility index (Phi) is 2.52. The lowest BCUT2D eigenvalue weighted by Gasteiger charge is -2.08. The first-order chi connectivity index (χ1) is 7.18. The smallest absolute Gasteiger partial charge is 0.130 e. The fraction of sp³-hybridized carbons (Fsp3) is 0.0769. The lowest BCUT2D eigenvalue weighted by atomic mass is 10.0. The monoisotopic (exact) mass is 202 g/mol. The number of hydrogen-bond donors (Lipinski definition) is 1. The van der Waals surface area contributed by atoms with E-state index in [-0.39, 0.29) is 0 Å². The molecule has 0 aliphatic carbocycles. The first kappa shape index (κ1) is 9.87. The second-order valence-electron chi connectivity index (χ2n) is 3.46. The van der Waals surface area contributed by atoms with E-state index in [0.717, 1.165) is 10.8 Å². The van der Waals surface area contributed by atoms with Gasteiger partial charge < -0.3 is 5.11 Å². The zero-order valence-electron chi connectivity index (χ0n) is 8.15. The number of fused-ring (bicyclic) bond motifs is 1. The molecule has 2 heteroatoms. The SMILES string of the molecule is C=C(F)C(O)c1ccc2ccccc2c1. The van der Waals surface area contributed by atoms with E-state index in [1.165, 1.54) is 0 Å². The molecule has 0 amide bonds. The number of halogens is 1. The van der Waals surface area contributed by atoms with Crippen molar-refractivity contribution in [2.45, 2.75) is 6.10 Å². The fourth-order valence-corrected chi connectivity index (χ4v) is 1.56. The van der Waals surface area contributed by atoms with E-state index in [4.69, 9.17) is 0 Å². The quantitative estimate of drug-likeness (QED) is 0.791. The molecule has 0 aliphatic heterocycles. The molecule has 0 radical (unpaired) electrons. The predicted molar refractivity (Wildman–Crippen MR) is 59.2 cm³/mol. The molecule has 1 N–H and O–H groups in total. The largest absolute Gasteiger partial charge is 0.381 e. The van der Waals surface area contributed by atoms with Crippen LogP contribution in [-0.2, 0) is 0 Å². The average Bonchev–Trinajstić information content (AvgIpc) is 2.27. The Morgan fingerprint density at radius 2 is 1.80 bits per heavy atom. The highest BCUT2D eigenvalue weighted by Gasteiger charge is 2.10. The van der Waals surface area contributed by atoms with Gasteiger partial charge in [0.1, 0.15) is 11.9 Å². The highest BCUT2D eigenvalue weighted by atomic mass is 19.1. The molecule has 2 rings (SSSR count). The molecule has 2 aromatic rings. The van der Waals surface area contributed by atoms with Gasteiger partial charge >= 0.3 is 0 Å². The van der Waals surface area contributed by atoms with Crippen LogP contribution in [0.3, 0.4) is 0 Å². The van der Waals surface area contributed by atoms with Crippen molar-refractivity contribution in [2.24, 2.45) is 0 Å². The third kappa shape index (κ3) is 1.90. The second kappa shape index (κ2) is 3.83. The van der Waals surface area contributed by atoms with E-state index in [0.29, 0.717) is 5.56 Å². The summed E-state index contributed by atoms with van der Waals surface area (Å²) in [6, 6.07) is 13.1. The zero-order valence-corrected chi connectivity index (χ0v) is 8.15. The molecule has 15 heavy (non-hydrogen) atoms. The Morgan fingerprint density at radius 1 is 1.13 bits per heavy atom. The third-order valence-electron chi connectivity index (χ3n) is 2.39. The van der Waals surface area contributed by atoms with E-state index in [1.807, 2.05) is 30.3 Å². The molecule has 0 saturated carbocycles. The summed E-state index contributed by atoms with van der Waals surface area (Å²) in [5.41, 5.74) is 0.529. The minimum Gasteiger partial charge on any atom is -0.381 e. The first-order valence-electron chi connectivity index (χ1n) is 4.69. The van der Waals surface area contributed by atoms with Crippen LogP contribution in [0.25, 0.3) is 10.8 Å². The molecule has 1 unspecified atom stereocenters. The van der Waals surface area contributed by atoms with Gasteiger partial charge in [-0.05, 0) is 22.4 Å². The van der Waals surface area contributed by atoms with Crippen molar-refractivity contribution in [1.82, 2.24) is 0 Å². The molecule has 1 nitrogen and oxygen atoms in total. The predicted octanol–water partition coefficient (Wildman–Crippen LogP) is 3.36. The normalized spacial score (nSPS) is 12.7. The minimum absolute atomic E-state index is 0.529. The van der Waals surface area contributed by atoms with Gasteiger partial charge in [-0.15, -0.1) is 0 Å². The molecular formula is C13H11FO. The summed E-state index contributed by atoms with van der Waals surface area (Å²) in [4.78, 5) is 0. The minimum atomic E-state index is -1.23. The fourth-order valence-electron chi connectivity index (χ4n) is 1.56.